The number of halogens is 1. The van der Waals surface area contributed by atoms with E-state index < -0.39 is 0 Å². The molecule has 0 aliphatic heterocycles. The minimum Gasteiger partial charge on any atom is -0.497 e. The fraction of sp³-hybridized carbons (Fsp3) is 0.538. The summed E-state index contributed by atoms with van der Waals surface area (Å²) >= 11 is 3.55. The maximum absolute atomic E-state index is 5.62. The molecule has 1 aromatic carbocycles. The maximum Gasteiger partial charge on any atom is 0.119 e. The number of rotatable bonds is 8. The first-order valence-electron chi connectivity index (χ1n) is 5.66. The van der Waals surface area contributed by atoms with E-state index in [1.807, 2.05) is 24.3 Å². The molecule has 0 aliphatic rings. The van der Waals surface area contributed by atoms with Gasteiger partial charge in [-0.15, -0.1) is 0 Å². The molecule has 0 N–H and O–H groups in total. The molecule has 0 bridgehead atoms. The Morgan fingerprint density at radius 2 is 1.76 bits per heavy atom. The van der Waals surface area contributed by atoms with Crippen LogP contribution >= 0.6 is 15.9 Å². The normalized spacial score (nSPS) is 12.2. The van der Waals surface area contributed by atoms with Gasteiger partial charge in [0.2, 0.25) is 0 Å². The Balaban J connectivity index is 2.17. The van der Waals surface area contributed by atoms with Crippen LogP contribution < -0.4 is 9.47 Å². The van der Waals surface area contributed by atoms with Crippen LogP contribution in [0.25, 0.3) is 0 Å². The summed E-state index contributed by atoms with van der Waals surface area (Å²) in [5.74, 6) is 1.72. The molecule has 96 valence electrons. The summed E-state index contributed by atoms with van der Waals surface area (Å²) < 4.78 is 15.7. The van der Waals surface area contributed by atoms with Gasteiger partial charge in [0, 0.05) is 11.9 Å². The lowest BCUT2D eigenvalue weighted by molar-refractivity contribution is 0.195. The first kappa shape index (κ1) is 14.3. The van der Waals surface area contributed by atoms with Crippen LogP contribution in [0.15, 0.2) is 24.3 Å². The molecule has 0 saturated heterocycles. The Morgan fingerprint density at radius 3 is 2.35 bits per heavy atom. The number of methoxy groups -OCH3 is 2. The second-order valence-corrected chi connectivity index (χ2v) is 5.01. The summed E-state index contributed by atoms with van der Waals surface area (Å²) in [4.78, 5) is 0.409. The van der Waals surface area contributed by atoms with Crippen LogP contribution in [0.4, 0.5) is 0 Å². The first-order chi connectivity index (χ1) is 8.26. The summed E-state index contributed by atoms with van der Waals surface area (Å²) in [7, 11) is 3.36. The number of hydrogen-bond donors (Lipinski definition) is 0. The average molecular weight is 303 g/mol. The molecule has 0 saturated carbocycles. The van der Waals surface area contributed by atoms with Gasteiger partial charge in [-0.05, 0) is 37.1 Å². The summed E-state index contributed by atoms with van der Waals surface area (Å²) in [5, 5.41) is 0. The van der Waals surface area contributed by atoms with Gasteiger partial charge in [-0.25, -0.2) is 0 Å². The molecule has 1 aromatic rings. The third kappa shape index (κ3) is 5.94. The molecule has 1 unspecified atom stereocenters. The molecular weight excluding hydrogens is 284 g/mol. The van der Waals surface area contributed by atoms with Crippen LogP contribution in [0, 0.1) is 0 Å². The van der Waals surface area contributed by atoms with Crippen molar-refractivity contribution in [1.82, 2.24) is 0 Å². The molecule has 1 atom stereocenters. The van der Waals surface area contributed by atoms with Gasteiger partial charge in [-0.1, -0.05) is 15.9 Å². The zero-order chi connectivity index (χ0) is 12.5. The molecule has 0 aliphatic carbocycles. The van der Waals surface area contributed by atoms with Crippen molar-refractivity contribution < 1.29 is 14.2 Å². The van der Waals surface area contributed by atoms with Gasteiger partial charge < -0.3 is 14.2 Å². The summed E-state index contributed by atoms with van der Waals surface area (Å²) in [6, 6.07) is 7.63. The molecule has 0 spiro atoms. The quantitative estimate of drug-likeness (QED) is 0.545. The van der Waals surface area contributed by atoms with E-state index in [2.05, 4.69) is 15.9 Å². The van der Waals surface area contributed by atoms with Crippen LogP contribution in [-0.4, -0.2) is 32.3 Å². The topological polar surface area (TPSA) is 27.7 Å². The summed E-state index contributed by atoms with van der Waals surface area (Å²) in [6.07, 6.45) is 2.05. The predicted octanol–water partition coefficient (Wildman–Crippen LogP) is 3.26. The fourth-order valence-electron chi connectivity index (χ4n) is 1.43. The van der Waals surface area contributed by atoms with Gasteiger partial charge in [0.15, 0.2) is 0 Å². The van der Waals surface area contributed by atoms with Gasteiger partial charge >= 0.3 is 0 Å². The van der Waals surface area contributed by atoms with E-state index in [9.17, 15) is 0 Å². The largest absolute Gasteiger partial charge is 0.497 e. The fourth-order valence-corrected chi connectivity index (χ4v) is 2.02. The highest BCUT2D eigenvalue weighted by molar-refractivity contribution is 9.09. The van der Waals surface area contributed by atoms with E-state index >= 15 is 0 Å². The Morgan fingerprint density at radius 1 is 1.12 bits per heavy atom. The molecule has 4 heteroatoms. The van der Waals surface area contributed by atoms with Crippen molar-refractivity contribution in [3.63, 3.8) is 0 Å². The van der Waals surface area contributed by atoms with Crippen LogP contribution in [0.3, 0.4) is 0 Å². The van der Waals surface area contributed by atoms with Gasteiger partial charge in [0.25, 0.3) is 0 Å². The average Bonchev–Trinajstić information content (AvgIpc) is 2.36. The van der Waals surface area contributed by atoms with Crippen molar-refractivity contribution in [1.29, 1.82) is 0 Å². The number of hydrogen-bond acceptors (Lipinski definition) is 3. The zero-order valence-corrected chi connectivity index (χ0v) is 11.9. The van der Waals surface area contributed by atoms with E-state index in [1.165, 1.54) is 0 Å². The monoisotopic (exact) mass is 302 g/mol. The van der Waals surface area contributed by atoms with E-state index in [4.69, 9.17) is 14.2 Å². The minimum absolute atomic E-state index is 0.409. The smallest absolute Gasteiger partial charge is 0.119 e. The Hall–Kier alpha value is -0.740. The zero-order valence-electron chi connectivity index (χ0n) is 10.3. The van der Waals surface area contributed by atoms with E-state index in [0.717, 1.165) is 37.6 Å². The molecular formula is C13H19BrO3. The van der Waals surface area contributed by atoms with Crippen molar-refractivity contribution in [3.8, 4) is 11.5 Å². The highest BCUT2D eigenvalue weighted by Gasteiger charge is 2.03. The lowest BCUT2D eigenvalue weighted by Gasteiger charge is -2.09. The lowest BCUT2D eigenvalue weighted by Crippen LogP contribution is -2.08. The molecule has 0 amide bonds. The standard InChI is InChI=1S/C13H19BrO3/c1-15-10-11(14)4-3-9-17-13-7-5-12(16-2)6-8-13/h5-8,11H,3-4,9-10H2,1-2H3. The van der Waals surface area contributed by atoms with Gasteiger partial charge in [-0.3, -0.25) is 0 Å². The van der Waals surface area contributed by atoms with Crippen LogP contribution in [0.1, 0.15) is 12.8 Å². The lowest BCUT2D eigenvalue weighted by atomic mass is 10.2. The molecule has 0 aromatic heterocycles. The van der Waals surface area contributed by atoms with E-state index in [-0.39, 0.29) is 0 Å². The Bertz CT molecular complexity index is 300. The van der Waals surface area contributed by atoms with Crippen molar-refractivity contribution in [2.75, 3.05) is 27.4 Å². The summed E-state index contributed by atoms with van der Waals surface area (Å²) in [6.45, 7) is 1.46. The number of benzene rings is 1. The molecule has 0 fully saturated rings. The molecule has 3 nitrogen and oxygen atoms in total. The first-order valence-corrected chi connectivity index (χ1v) is 6.57. The molecule has 1 rings (SSSR count). The molecule has 17 heavy (non-hydrogen) atoms. The van der Waals surface area contributed by atoms with Crippen LogP contribution in [0.2, 0.25) is 0 Å². The molecule has 0 radical (unpaired) electrons. The number of ether oxygens (including phenoxy) is 3. The second kappa shape index (κ2) is 8.37. The van der Waals surface area contributed by atoms with Gasteiger partial charge in [0.05, 0.1) is 20.3 Å². The second-order valence-electron chi connectivity index (χ2n) is 3.72. The van der Waals surface area contributed by atoms with Gasteiger partial charge in [0.1, 0.15) is 11.5 Å². The van der Waals surface area contributed by atoms with Crippen molar-refractivity contribution >= 4 is 15.9 Å². The van der Waals surface area contributed by atoms with Crippen molar-refractivity contribution in [3.05, 3.63) is 24.3 Å². The Kier molecular flexibility index (Phi) is 7.05. The Labute approximate surface area is 111 Å². The van der Waals surface area contributed by atoms with Crippen molar-refractivity contribution in [2.24, 2.45) is 0 Å². The minimum atomic E-state index is 0.409. The maximum atomic E-state index is 5.62. The van der Waals surface area contributed by atoms with Crippen LogP contribution in [0.5, 0.6) is 11.5 Å². The third-order valence-electron chi connectivity index (χ3n) is 2.34. The highest BCUT2D eigenvalue weighted by Crippen LogP contribution is 2.17. The molecule has 0 heterocycles. The van der Waals surface area contributed by atoms with Crippen molar-refractivity contribution in [2.45, 2.75) is 17.7 Å². The van der Waals surface area contributed by atoms with Crippen LogP contribution in [-0.2, 0) is 4.74 Å². The highest BCUT2D eigenvalue weighted by atomic mass is 79.9. The number of alkyl halides is 1. The van der Waals surface area contributed by atoms with E-state index in [0.29, 0.717) is 4.83 Å². The predicted molar refractivity (Wildman–Crippen MR) is 72.3 cm³/mol. The van der Waals surface area contributed by atoms with E-state index in [1.54, 1.807) is 14.2 Å². The summed E-state index contributed by atoms with van der Waals surface area (Å²) in [5.41, 5.74) is 0. The third-order valence-corrected chi connectivity index (χ3v) is 3.06. The SMILES string of the molecule is COCC(Br)CCCOc1ccc(OC)cc1. The van der Waals surface area contributed by atoms with Gasteiger partial charge in [-0.2, -0.15) is 0 Å².